The molecule has 1 aliphatic rings. The molecule has 0 bridgehead atoms. The van der Waals surface area contributed by atoms with Crippen LogP contribution in [0.5, 0.6) is 0 Å². The smallest absolute Gasteiger partial charge is 0.131 e. The number of halogens is 1. The van der Waals surface area contributed by atoms with Crippen LogP contribution in [0.25, 0.3) is 0 Å². The molecule has 1 fully saturated rings. The second kappa shape index (κ2) is 6.29. The Morgan fingerprint density at radius 2 is 1.89 bits per heavy atom. The molecule has 2 rings (SSSR count). The molecule has 0 spiro atoms. The molecule has 0 radical (unpaired) electrons. The summed E-state index contributed by atoms with van der Waals surface area (Å²) in [6, 6.07) is 6.68. The Morgan fingerprint density at radius 1 is 1.32 bits per heavy atom. The quantitative estimate of drug-likeness (QED) is 0.827. The molecule has 1 heterocycles. The van der Waals surface area contributed by atoms with Gasteiger partial charge in [0.05, 0.1) is 0 Å². The minimum absolute atomic E-state index is 0.102. The van der Waals surface area contributed by atoms with Crippen molar-refractivity contribution in [1.29, 1.82) is 0 Å². The summed E-state index contributed by atoms with van der Waals surface area (Å²) in [6.07, 6.45) is 2.87. The van der Waals surface area contributed by atoms with E-state index in [-0.39, 0.29) is 17.6 Å². The van der Waals surface area contributed by atoms with Gasteiger partial charge in [-0.15, -0.1) is 0 Å². The van der Waals surface area contributed by atoms with E-state index in [2.05, 4.69) is 11.8 Å². The molecule has 0 amide bonds. The van der Waals surface area contributed by atoms with E-state index in [9.17, 15) is 9.18 Å². The second-order valence-corrected chi connectivity index (χ2v) is 5.69. The molecule has 0 N–H and O–H groups in total. The first kappa shape index (κ1) is 14.2. The van der Waals surface area contributed by atoms with Gasteiger partial charge in [-0.05, 0) is 56.5 Å². The number of carbonyl (C=O) groups is 1. The molecule has 1 aromatic rings. The van der Waals surface area contributed by atoms with Crippen LogP contribution in [0.3, 0.4) is 0 Å². The van der Waals surface area contributed by atoms with Crippen molar-refractivity contribution in [2.45, 2.75) is 39.2 Å². The zero-order valence-corrected chi connectivity index (χ0v) is 11.7. The predicted molar refractivity (Wildman–Crippen MR) is 74.4 cm³/mol. The molecule has 1 aliphatic heterocycles. The Bertz CT molecular complexity index is 421. The predicted octanol–water partition coefficient (Wildman–Crippen LogP) is 3.58. The molecule has 19 heavy (non-hydrogen) atoms. The zero-order chi connectivity index (χ0) is 13.8. The largest absolute Gasteiger partial charge is 0.300 e. The second-order valence-electron chi connectivity index (χ2n) is 5.69. The molecule has 1 aromatic carbocycles. The van der Waals surface area contributed by atoms with Gasteiger partial charge in [-0.2, -0.15) is 0 Å². The van der Waals surface area contributed by atoms with Crippen LogP contribution in [-0.2, 0) is 4.79 Å². The van der Waals surface area contributed by atoms with Gasteiger partial charge in [0.1, 0.15) is 11.6 Å². The zero-order valence-electron chi connectivity index (χ0n) is 11.7. The molecule has 0 aromatic heterocycles. The van der Waals surface area contributed by atoms with Gasteiger partial charge in [0, 0.05) is 12.5 Å². The molecular weight excluding hydrogens is 241 g/mol. The molecule has 0 saturated carbocycles. The Balaban J connectivity index is 2.15. The highest BCUT2D eigenvalue weighted by Gasteiger charge is 2.25. The number of hydrogen-bond acceptors (Lipinski definition) is 2. The lowest BCUT2D eigenvalue weighted by atomic mass is 9.93. The van der Waals surface area contributed by atoms with Crippen LogP contribution >= 0.6 is 0 Å². The van der Waals surface area contributed by atoms with Gasteiger partial charge >= 0.3 is 0 Å². The summed E-state index contributed by atoms with van der Waals surface area (Å²) >= 11 is 0. The van der Waals surface area contributed by atoms with Crippen molar-refractivity contribution in [3.05, 3.63) is 35.6 Å². The lowest BCUT2D eigenvalue weighted by Gasteiger charge is -2.36. The van der Waals surface area contributed by atoms with E-state index in [1.165, 1.54) is 25.0 Å². The average Bonchev–Trinajstić information content (AvgIpc) is 2.38. The first-order valence-corrected chi connectivity index (χ1v) is 7.05. The van der Waals surface area contributed by atoms with E-state index in [4.69, 9.17) is 0 Å². The van der Waals surface area contributed by atoms with Gasteiger partial charge < -0.3 is 0 Å². The highest BCUT2D eigenvalue weighted by atomic mass is 19.1. The maximum Gasteiger partial charge on any atom is 0.131 e. The van der Waals surface area contributed by atoms with E-state index in [1.807, 2.05) is 0 Å². The van der Waals surface area contributed by atoms with E-state index >= 15 is 0 Å². The summed E-state index contributed by atoms with van der Waals surface area (Å²) in [5.74, 6) is 0.730. The number of Topliss-reactive ketones (excluding diaryl/α,β-unsaturated/α-hetero) is 1. The van der Waals surface area contributed by atoms with Gasteiger partial charge in [-0.3, -0.25) is 9.69 Å². The van der Waals surface area contributed by atoms with Crippen molar-refractivity contribution < 1.29 is 9.18 Å². The van der Waals surface area contributed by atoms with Crippen LogP contribution < -0.4 is 0 Å². The molecule has 3 heteroatoms. The average molecular weight is 263 g/mol. The Kier molecular flexibility index (Phi) is 4.70. The third kappa shape index (κ3) is 3.87. The lowest BCUT2D eigenvalue weighted by molar-refractivity contribution is -0.118. The van der Waals surface area contributed by atoms with Crippen LogP contribution in [0.1, 0.15) is 44.7 Å². The van der Waals surface area contributed by atoms with Crippen molar-refractivity contribution in [1.82, 2.24) is 4.90 Å². The summed E-state index contributed by atoms with van der Waals surface area (Å²) in [5, 5.41) is 0. The maximum atomic E-state index is 13.0. The Hall–Kier alpha value is -1.22. The third-order valence-corrected chi connectivity index (χ3v) is 3.99. The number of hydrogen-bond donors (Lipinski definition) is 0. The minimum atomic E-state index is -0.224. The molecule has 2 nitrogen and oxygen atoms in total. The van der Waals surface area contributed by atoms with Crippen LogP contribution in [0.2, 0.25) is 0 Å². The fourth-order valence-electron chi connectivity index (χ4n) is 2.76. The number of benzene rings is 1. The molecule has 1 saturated heterocycles. The van der Waals surface area contributed by atoms with Gasteiger partial charge in [0.25, 0.3) is 0 Å². The van der Waals surface area contributed by atoms with E-state index in [0.29, 0.717) is 6.42 Å². The van der Waals surface area contributed by atoms with Crippen molar-refractivity contribution in [3.8, 4) is 0 Å². The van der Waals surface area contributed by atoms with Gasteiger partial charge in [-0.1, -0.05) is 19.1 Å². The Morgan fingerprint density at radius 3 is 2.42 bits per heavy atom. The normalized spacial score (nSPS) is 19.3. The maximum absolute atomic E-state index is 13.0. The lowest BCUT2D eigenvalue weighted by Crippen LogP contribution is -2.37. The SMILES string of the molecule is CC(=O)CC(c1ccc(F)cc1)N1CCC(C)CC1. The van der Waals surface area contributed by atoms with Crippen LogP contribution in [0.15, 0.2) is 24.3 Å². The number of piperidine rings is 1. The van der Waals surface area contributed by atoms with Crippen LogP contribution in [0, 0.1) is 11.7 Å². The number of carbonyl (C=O) groups excluding carboxylic acids is 1. The number of likely N-dealkylation sites (tertiary alicyclic amines) is 1. The fourth-order valence-corrected chi connectivity index (χ4v) is 2.76. The number of nitrogens with zero attached hydrogens (tertiary/aromatic N) is 1. The standard InChI is InChI=1S/C16H22FNO/c1-12-7-9-18(10-8-12)16(11-13(2)19)14-3-5-15(17)6-4-14/h3-6,12,16H,7-11H2,1-2H3. The summed E-state index contributed by atoms with van der Waals surface area (Å²) < 4.78 is 13.0. The summed E-state index contributed by atoms with van der Waals surface area (Å²) in [7, 11) is 0. The number of ketones is 1. The highest BCUT2D eigenvalue weighted by molar-refractivity contribution is 5.76. The first-order chi connectivity index (χ1) is 9.06. The molecule has 1 atom stereocenters. The summed E-state index contributed by atoms with van der Waals surface area (Å²) in [6.45, 7) is 5.95. The summed E-state index contributed by atoms with van der Waals surface area (Å²) in [5.41, 5.74) is 1.05. The van der Waals surface area contributed by atoms with Crippen LogP contribution in [-0.4, -0.2) is 23.8 Å². The highest BCUT2D eigenvalue weighted by Crippen LogP contribution is 2.29. The Labute approximate surface area is 114 Å². The first-order valence-electron chi connectivity index (χ1n) is 7.05. The van der Waals surface area contributed by atoms with Gasteiger partial charge in [-0.25, -0.2) is 4.39 Å². The summed E-state index contributed by atoms with van der Waals surface area (Å²) in [4.78, 5) is 13.9. The molecular formula is C16H22FNO. The van der Waals surface area contributed by atoms with Crippen molar-refractivity contribution in [2.24, 2.45) is 5.92 Å². The molecule has 104 valence electrons. The van der Waals surface area contributed by atoms with Gasteiger partial charge in [0.2, 0.25) is 0 Å². The van der Waals surface area contributed by atoms with Crippen molar-refractivity contribution in [2.75, 3.05) is 13.1 Å². The van der Waals surface area contributed by atoms with E-state index in [0.717, 1.165) is 24.6 Å². The van der Waals surface area contributed by atoms with E-state index in [1.54, 1.807) is 19.1 Å². The van der Waals surface area contributed by atoms with Crippen molar-refractivity contribution in [3.63, 3.8) is 0 Å². The van der Waals surface area contributed by atoms with E-state index < -0.39 is 0 Å². The monoisotopic (exact) mass is 263 g/mol. The minimum Gasteiger partial charge on any atom is -0.300 e. The molecule has 1 unspecified atom stereocenters. The topological polar surface area (TPSA) is 20.3 Å². The van der Waals surface area contributed by atoms with Crippen LogP contribution in [0.4, 0.5) is 4.39 Å². The molecule has 0 aliphatic carbocycles. The van der Waals surface area contributed by atoms with Gasteiger partial charge in [0.15, 0.2) is 0 Å². The third-order valence-electron chi connectivity index (χ3n) is 3.99. The fraction of sp³-hybridized carbons (Fsp3) is 0.562. The number of rotatable bonds is 4. The van der Waals surface area contributed by atoms with Crippen molar-refractivity contribution >= 4 is 5.78 Å².